The highest BCUT2D eigenvalue weighted by atomic mass is 19.1. The zero-order valence-electron chi connectivity index (χ0n) is 8.75. The van der Waals surface area contributed by atoms with Gasteiger partial charge in [0.2, 0.25) is 0 Å². The lowest BCUT2D eigenvalue weighted by Gasteiger charge is -2.07. The Bertz CT molecular complexity index is 532. The second kappa shape index (κ2) is 4.45. The molecule has 88 valence electrons. The molecule has 1 aromatic carbocycles. The van der Waals surface area contributed by atoms with Crippen LogP contribution in [-0.2, 0) is 6.42 Å². The van der Waals surface area contributed by atoms with Gasteiger partial charge >= 0.3 is 0 Å². The van der Waals surface area contributed by atoms with Crippen LogP contribution in [0.25, 0.3) is 0 Å². The number of pyridine rings is 1. The number of rotatable bonds is 2. The highest BCUT2D eigenvalue weighted by molar-refractivity contribution is 5.42. The van der Waals surface area contributed by atoms with Gasteiger partial charge < -0.3 is 5.73 Å². The molecule has 17 heavy (non-hydrogen) atoms. The highest BCUT2D eigenvalue weighted by Gasteiger charge is 2.13. The van der Waals surface area contributed by atoms with E-state index in [9.17, 15) is 13.2 Å². The zero-order valence-corrected chi connectivity index (χ0v) is 8.75. The van der Waals surface area contributed by atoms with Gasteiger partial charge in [-0.3, -0.25) is 0 Å². The Labute approximate surface area is 95.9 Å². The number of halogens is 3. The van der Waals surface area contributed by atoms with Crippen molar-refractivity contribution in [3.63, 3.8) is 0 Å². The van der Waals surface area contributed by atoms with Crippen LogP contribution in [0, 0.1) is 17.5 Å². The van der Waals surface area contributed by atoms with Crippen molar-refractivity contribution in [2.45, 2.75) is 6.42 Å². The standard InChI is InChI=1S/C12H9F3N2/c13-8-5-10(14)9(11(15)6-8)4-7-2-1-3-17-12(7)16/h1-3,5-6H,4H2,(H2,16,17). The fourth-order valence-electron chi connectivity index (χ4n) is 1.53. The summed E-state index contributed by atoms with van der Waals surface area (Å²) in [6, 6.07) is 4.52. The van der Waals surface area contributed by atoms with Crippen LogP contribution in [0.15, 0.2) is 30.5 Å². The van der Waals surface area contributed by atoms with Gasteiger partial charge in [-0.2, -0.15) is 0 Å². The van der Waals surface area contributed by atoms with Crippen LogP contribution in [-0.4, -0.2) is 4.98 Å². The van der Waals surface area contributed by atoms with Gasteiger partial charge in [0.1, 0.15) is 23.3 Å². The lowest BCUT2D eigenvalue weighted by atomic mass is 10.0. The number of nitrogens with zero attached hydrogens (tertiary/aromatic N) is 1. The summed E-state index contributed by atoms with van der Waals surface area (Å²) in [6.45, 7) is 0. The largest absolute Gasteiger partial charge is 0.383 e. The van der Waals surface area contributed by atoms with E-state index < -0.39 is 17.5 Å². The molecule has 0 saturated heterocycles. The predicted molar refractivity (Wildman–Crippen MR) is 57.8 cm³/mol. The lowest BCUT2D eigenvalue weighted by molar-refractivity contribution is 0.528. The quantitative estimate of drug-likeness (QED) is 0.873. The first kappa shape index (κ1) is 11.4. The molecule has 2 rings (SSSR count). The Morgan fingerprint density at radius 3 is 2.35 bits per heavy atom. The normalized spacial score (nSPS) is 10.5. The van der Waals surface area contributed by atoms with Crippen molar-refractivity contribution < 1.29 is 13.2 Å². The summed E-state index contributed by atoms with van der Waals surface area (Å²) in [6.07, 6.45) is 1.42. The van der Waals surface area contributed by atoms with Crippen molar-refractivity contribution in [1.82, 2.24) is 4.98 Å². The molecule has 0 spiro atoms. The number of hydrogen-bond acceptors (Lipinski definition) is 2. The molecule has 0 unspecified atom stereocenters. The monoisotopic (exact) mass is 238 g/mol. The first-order valence-corrected chi connectivity index (χ1v) is 4.90. The Hall–Kier alpha value is -2.04. The molecular formula is C12H9F3N2. The molecule has 0 aliphatic heterocycles. The van der Waals surface area contributed by atoms with Crippen molar-refractivity contribution in [1.29, 1.82) is 0 Å². The van der Waals surface area contributed by atoms with Gasteiger partial charge in [0.05, 0.1) is 0 Å². The molecule has 2 N–H and O–H groups in total. The predicted octanol–water partition coefficient (Wildman–Crippen LogP) is 2.67. The maximum atomic E-state index is 13.4. The number of nitrogen functional groups attached to an aromatic ring is 1. The number of aromatic nitrogens is 1. The van der Waals surface area contributed by atoms with Crippen molar-refractivity contribution in [3.05, 3.63) is 59.0 Å². The summed E-state index contributed by atoms with van der Waals surface area (Å²) in [5.41, 5.74) is 5.85. The van der Waals surface area contributed by atoms with Gasteiger partial charge in [-0.05, 0) is 11.6 Å². The average Bonchev–Trinajstić information content (AvgIpc) is 2.25. The van der Waals surface area contributed by atoms with Gasteiger partial charge in [0, 0.05) is 30.3 Å². The second-order valence-corrected chi connectivity index (χ2v) is 3.57. The van der Waals surface area contributed by atoms with Crippen LogP contribution in [0.2, 0.25) is 0 Å². The maximum Gasteiger partial charge on any atom is 0.132 e. The van der Waals surface area contributed by atoms with Crippen molar-refractivity contribution in [2.75, 3.05) is 5.73 Å². The average molecular weight is 238 g/mol. The Balaban J connectivity index is 2.40. The molecule has 2 nitrogen and oxygen atoms in total. The summed E-state index contributed by atoms with van der Waals surface area (Å²) >= 11 is 0. The first-order valence-electron chi connectivity index (χ1n) is 4.90. The molecule has 0 aliphatic rings. The minimum atomic E-state index is -0.942. The van der Waals surface area contributed by atoms with E-state index in [1.54, 1.807) is 12.1 Å². The van der Waals surface area contributed by atoms with Gasteiger partial charge in [-0.25, -0.2) is 18.2 Å². The van der Waals surface area contributed by atoms with E-state index in [4.69, 9.17) is 5.73 Å². The third-order valence-electron chi connectivity index (χ3n) is 2.40. The number of nitrogens with two attached hydrogens (primary N) is 1. The Morgan fingerprint density at radius 1 is 1.12 bits per heavy atom. The van der Waals surface area contributed by atoms with Gasteiger partial charge in [0.15, 0.2) is 0 Å². The molecule has 0 amide bonds. The SMILES string of the molecule is Nc1ncccc1Cc1c(F)cc(F)cc1F. The number of anilines is 1. The highest BCUT2D eigenvalue weighted by Crippen LogP contribution is 2.20. The molecule has 0 bridgehead atoms. The molecule has 0 aliphatic carbocycles. The lowest BCUT2D eigenvalue weighted by Crippen LogP contribution is -2.02. The molecule has 0 atom stereocenters. The van der Waals surface area contributed by atoms with E-state index in [1.165, 1.54) is 6.20 Å². The third-order valence-corrected chi connectivity index (χ3v) is 2.40. The number of benzene rings is 1. The van der Waals surface area contributed by atoms with Crippen molar-refractivity contribution in [3.8, 4) is 0 Å². The minimum Gasteiger partial charge on any atom is -0.383 e. The molecule has 2 aromatic rings. The van der Waals surface area contributed by atoms with Gasteiger partial charge in [-0.15, -0.1) is 0 Å². The van der Waals surface area contributed by atoms with Crippen LogP contribution < -0.4 is 5.73 Å². The van der Waals surface area contributed by atoms with Crippen LogP contribution in [0.1, 0.15) is 11.1 Å². The maximum absolute atomic E-state index is 13.4. The first-order chi connectivity index (χ1) is 8.08. The summed E-state index contributed by atoms with van der Waals surface area (Å²) in [4.78, 5) is 3.81. The summed E-state index contributed by atoms with van der Waals surface area (Å²) in [5.74, 6) is -2.59. The van der Waals surface area contributed by atoms with E-state index in [0.717, 1.165) is 0 Å². The van der Waals surface area contributed by atoms with Crippen molar-refractivity contribution >= 4 is 5.82 Å². The van der Waals surface area contributed by atoms with Crippen LogP contribution in [0.5, 0.6) is 0 Å². The summed E-state index contributed by atoms with van der Waals surface area (Å²) < 4.78 is 39.5. The minimum absolute atomic E-state index is 0.0579. The van der Waals surface area contributed by atoms with E-state index in [2.05, 4.69) is 4.98 Å². The van der Waals surface area contributed by atoms with E-state index in [-0.39, 0.29) is 17.8 Å². The molecule has 0 radical (unpaired) electrons. The van der Waals surface area contributed by atoms with Crippen LogP contribution in [0.4, 0.5) is 19.0 Å². The summed E-state index contributed by atoms with van der Waals surface area (Å²) in [7, 11) is 0. The fraction of sp³-hybridized carbons (Fsp3) is 0.0833. The topological polar surface area (TPSA) is 38.9 Å². The Kier molecular flexibility index (Phi) is 2.99. The molecule has 5 heteroatoms. The third kappa shape index (κ3) is 2.38. The van der Waals surface area contributed by atoms with Crippen molar-refractivity contribution in [2.24, 2.45) is 0 Å². The molecule has 1 heterocycles. The van der Waals surface area contributed by atoms with E-state index >= 15 is 0 Å². The number of hydrogen-bond donors (Lipinski definition) is 1. The van der Waals surface area contributed by atoms with Gasteiger partial charge in [-0.1, -0.05) is 6.07 Å². The molecule has 0 saturated carbocycles. The van der Waals surface area contributed by atoms with Crippen LogP contribution >= 0.6 is 0 Å². The smallest absolute Gasteiger partial charge is 0.132 e. The fourth-order valence-corrected chi connectivity index (χ4v) is 1.53. The molecule has 1 aromatic heterocycles. The van der Waals surface area contributed by atoms with Crippen LogP contribution in [0.3, 0.4) is 0 Å². The zero-order chi connectivity index (χ0) is 12.4. The Morgan fingerprint density at radius 2 is 1.76 bits per heavy atom. The van der Waals surface area contributed by atoms with E-state index in [1.807, 2.05) is 0 Å². The summed E-state index contributed by atoms with van der Waals surface area (Å²) in [5, 5.41) is 0. The van der Waals surface area contributed by atoms with E-state index in [0.29, 0.717) is 17.7 Å². The molecular weight excluding hydrogens is 229 g/mol. The molecule has 0 fully saturated rings. The second-order valence-electron chi connectivity index (χ2n) is 3.57. The van der Waals surface area contributed by atoms with Gasteiger partial charge in [0.25, 0.3) is 0 Å².